The molecule has 0 amide bonds. The molecule has 0 aliphatic rings. The topological polar surface area (TPSA) is 47.6 Å². The summed E-state index contributed by atoms with van der Waals surface area (Å²) in [5.41, 5.74) is 0. The lowest BCUT2D eigenvalue weighted by molar-refractivity contribution is -0.147. The molecule has 4 nitrogen and oxygen atoms in total. The monoisotopic (exact) mass is 203 g/mol. The molecule has 14 heavy (non-hydrogen) atoms. The van der Waals surface area contributed by atoms with Gasteiger partial charge in [-0.05, 0) is 25.9 Å². The summed E-state index contributed by atoms with van der Waals surface area (Å²) >= 11 is 0. The van der Waals surface area contributed by atoms with Crippen LogP contribution in [0.5, 0.6) is 0 Å². The van der Waals surface area contributed by atoms with E-state index >= 15 is 0 Å². The number of carbonyl (C=O) groups is 1. The molecule has 0 aromatic rings. The van der Waals surface area contributed by atoms with Gasteiger partial charge in [0.1, 0.15) is 6.61 Å². The average Bonchev–Trinajstić information content (AvgIpc) is 2.17. The third kappa shape index (κ3) is 9.48. The van der Waals surface area contributed by atoms with Gasteiger partial charge in [0.15, 0.2) is 0 Å². The van der Waals surface area contributed by atoms with Crippen molar-refractivity contribution in [2.24, 2.45) is 0 Å². The highest BCUT2D eigenvalue weighted by molar-refractivity contribution is 5.70. The Hall–Kier alpha value is -0.610. The number of rotatable bonds is 9. The van der Waals surface area contributed by atoms with E-state index < -0.39 is 0 Å². The second-order valence-corrected chi connectivity index (χ2v) is 3.11. The molecule has 0 bridgehead atoms. The maximum Gasteiger partial charge on any atom is 0.332 e. The molecule has 0 radical (unpaired) electrons. The molecule has 0 saturated carbocycles. The Bertz CT molecular complexity index is 139. The van der Waals surface area contributed by atoms with Gasteiger partial charge in [-0.3, -0.25) is 0 Å². The lowest BCUT2D eigenvalue weighted by Gasteiger charge is -2.05. The number of methoxy groups -OCH3 is 1. The summed E-state index contributed by atoms with van der Waals surface area (Å²) in [5, 5.41) is 3.27. The van der Waals surface area contributed by atoms with E-state index in [0.29, 0.717) is 6.61 Å². The quantitative estimate of drug-likeness (QED) is 0.448. The Kier molecular flexibility index (Phi) is 10.0. The molecule has 0 aromatic carbocycles. The van der Waals surface area contributed by atoms with E-state index in [-0.39, 0.29) is 12.6 Å². The largest absolute Gasteiger partial charge is 0.464 e. The number of hydrogen-bond acceptors (Lipinski definition) is 4. The van der Waals surface area contributed by atoms with Crippen molar-refractivity contribution in [1.29, 1.82) is 0 Å². The highest BCUT2D eigenvalue weighted by Gasteiger charge is 1.99. The standard InChI is InChI=1S/C10H21NO3/c1-3-4-6-11-7-5-8-14-10(12)9-13-2/h11H,3-9H2,1-2H3. The molecule has 0 unspecified atom stereocenters. The normalized spacial score (nSPS) is 10.1. The molecule has 84 valence electrons. The Morgan fingerprint density at radius 3 is 2.64 bits per heavy atom. The number of ether oxygens (including phenoxy) is 2. The SMILES string of the molecule is CCCCNCCCOC(=O)COC. The first kappa shape index (κ1) is 13.4. The number of unbranched alkanes of at least 4 members (excludes halogenated alkanes) is 1. The molecule has 0 spiro atoms. The molecule has 0 saturated heterocycles. The van der Waals surface area contributed by atoms with Gasteiger partial charge in [-0.1, -0.05) is 13.3 Å². The van der Waals surface area contributed by atoms with Gasteiger partial charge in [-0.15, -0.1) is 0 Å². The fourth-order valence-corrected chi connectivity index (χ4v) is 0.969. The lowest BCUT2D eigenvalue weighted by Crippen LogP contribution is -2.19. The Morgan fingerprint density at radius 1 is 1.29 bits per heavy atom. The van der Waals surface area contributed by atoms with Crippen molar-refractivity contribution >= 4 is 5.97 Å². The van der Waals surface area contributed by atoms with Crippen LogP contribution in [0.15, 0.2) is 0 Å². The van der Waals surface area contributed by atoms with Crippen molar-refractivity contribution in [1.82, 2.24) is 5.32 Å². The van der Waals surface area contributed by atoms with Gasteiger partial charge in [-0.2, -0.15) is 0 Å². The van der Waals surface area contributed by atoms with E-state index in [4.69, 9.17) is 4.74 Å². The van der Waals surface area contributed by atoms with Gasteiger partial charge < -0.3 is 14.8 Å². The third-order valence-corrected chi connectivity index (χ3v) is 1.73. The highest BCUT2D eigenvalue weighted by atomic mass is 16.6. The van der Waals surface area contributed by atoms with Crippen molar-refractivity contribution in [2.45, 2.75) is 26.2 Å². The molecule has 0 aromatic heterocycles. The van der Waals surface area contributed by atoms with Gasteiger partial charge >= 0.3 is 5.97 Å². The Balaban J connectivity index is 3.01. The van der Waals surface area contributed by atoms with E-state index in [1.165, 1.54) is 20.0 Å². The molecule has 0 aliphatic carbocycles. The third-order valence-electron chi connectivity index (χ3n) is 1.73. The van der Waals surface area contributed by atoms with E-state index in [0.717, 1.165) is 19.5 Å². The van der Waals surface area contributed by atoms with Crippen molar-refractivity contribution in [3.63, 3.8) is 0 Å². The average molecular weight is 203 g/mol. The van der Waals surface area contributed by atoms with E-state index in [9.17, 15) is 4.79 Å². The number of nitrogens with one attached hydrogen (secondary N) is 1. The second kappa shape index (κ2) is 10.5. The van der Waals surface area contributed by atoms with E-state index in [2.05, 4.69) is 17.0 Å². The number of hydrogen-bond donors (Lipinski definition) is 1. The van der Waals surface area contributed by atoms with E-state index in [1.807, 2.05) is 0 Å². The Labute approximate surface area is 86.0 Å². The smallest absolute Gasteiger partial charge is 0.332 e. The number of esters is 1. The summed E-state index contributed by atoms with van der Waals surface area (Å²) in [6.45, 7) is 4.63. The van der Waals surface area contributed by atoms with Crippen LogP contribution in [0.25, 0.3) is 0 Å². The summed E-state index contributed by atoms with van der Waals surface area (Å²) < 4.78 is 9.51. The van der Waals surface area contributed by atoms with Gasteiger partial charge in [0.05, 0.1) is 6.61 Å². The zero-order valence-electron chi connectivity index (χ0n) is 9.17. The van der Waals surface area contributed by atoms with Crippen LogP contribution in [-0.2, 0) is 14.3 Å². The summed E-state index contributed by atoms with van der Waals surface area (Å²) in [5.74, 6) is -0.291. The summed E-state index contributed by atoms with van der Waals surface area (Å²) in [6.07, 6.45) is 3.26. The van der Waals surface area contributed by atoms with Gasteiger partial charge in [0.2, 0.25) is 0 Å². The molecular weight excluding hydrogens is 182 g/mol. The minimum absolute atomic E-state index is 0.0449. The molecular formula is C10H21NO3. The van der Waals surface area contributed by atoms with Crippen LogP contribution in [-0.4, -0.2) is 39.4 Å². The van der Waals surface area contributed by atoms with Crippen LogP contribution >= 0.6 is 0 Å². The van der Waals surface area contributed by atoms with Crippen LogP contribution < -0.4 is 5.32 Å². The fraction of sp³-hybridized carbons (Fsp3) is 0.900. The van der Waals surface area contributed by atoms with Gasteiger partial charge in [-0.25, -0.2) is 4.79 Å². The first-order chi connectivity index (χ1) is 6.81. The van der Waals surface area contributed by atoms with Crippen molar-refractivity contribution < 1.29 is 14.3 Å². The van der Waals surface area contributed by atoms with Crippen LogP contribution in [0.4, 0.5) is 0 Å². The zero-order valence-corrected chi connectivity index (χ0v) is 9.17. The van der Waals surface area contributed by atoms with Crippen LogP contribution in [0.1, 0.15) is 26.2 Å². The van der Waals surface area contributed by atoms with Crippen molar-refractivity contribution in [3.8, 4) is 0 Å². The molecule has 4 heteroatoms. The van der Waals surface area contributed by atoms with Crippen molar-refractivity contribution in [2.75, 3.05) is 33.4 Å². The molecule has 0 atom stereocenters. The second-order valence-electron chi connectivity index (χ2n) is 3.11. The van der Waals surface area contributed by atoms with Crippen molar-refractivity contribution in [3.05, 3.63) is 0 Å². The Morgan fingerprint density at radius 2 is 2.00 bits per heavy atom. The molecule has 1 N–H and O–H groups in total. The first-order valence-electron chi connectivity index (χ1n) is 5.16. The fourth-order valence-electron chi connectivity index (χ4n) is 0.969. The number of carbonyl (C=O) groups excluding carboxylic acids is 1. The lowest BCUT2D eigenvalue weighted by atomic mass is 10.3. The highest BCUT2D eigenvalue weighted by Crippen LogP contribution is 1.86. The van der Waals surface area contributed by atoms with Crippen LogP contribution in [0.3, 0.4) is 0 Å². The molecule has 0 heterocycles. The minimum atomic E-state index is -0.291. The summed E-state index contributed by atoms with van der Waals surface area (Å²) in [4.78, 5) is 10.8. The molecule has 0 rings (SSSR count). The minimum Gasteiger partial charge on any atom is -0.464 e. The predicted molar refractivity (Wildman–Crippen MR) is 55.2 cm³/mol. The summed E-state index contributed by atoms with van der Waals surface area (Å²) in [7, 11) is 1.48. The molecule has 0 fully saturated rings. The van der Waals surface area contributed by atoms with Crippen LogP contribution in [0.2, 0.25) is 0 Å². The van der Waals surface area contributed by atoms with Crippen LogP contribution in [0, 0.1) is 0 Å². The van der Waals surface area contributed by atoms with Gasteiger partial charge in [0, 0.05) is 7.11 Å². The molecule has 0 aliphatic heterocycles. The van der Waals surface area contributed by atoms with E-state index in [1.54, 1.807) is 0 Å². The van der Waals surface area contributed by atoms with Gasteiger partial charge in [0.25, 0.3) is 0 Å². The zero-order chi connectivity index (χ0) is 10.6. The maximum absolute atomic E-state index is 10.8. The predicted octanol–water partition coefficient (Wildman–Crippen LogP) is 0.956. The maximum atomic E-state index is 10.8. The first-order valence-corrected chi connectivity index (χ1v) is 5.16. The summed E-state index contributed by atoms with van der Waals surface area (Å²) in [6, 6.07) is 0.